The van der Waals surface area contributed by atoms with Crippen LogP contribution in [0.2, 0.25) is 0 Å². The monoisotopic (exact) mass is 408 g/mol. The number of hydrogen-bond acceptors (Lipinski definition) is 2. The van der Waals surface area contributed by atoms with E-state index in [1.807, 2.05) is 0 Å². The van der Waals surface area contributed by atoms with E-state index in [0.29, 0.717) is 0 Å². The van der Waals surface area contributed by atoms with Crippen LogP contribution in [0.1, 0.15) is 149 Å². The van der Waals surface area contributed by atoms with Gasteiger partial charge in [-0.05, 0) is 25.7 Å². The molecule has 1 atom stereocenters. The molecule has 0 saturated heterocycles. The molecule has 29 heavy (non-hydrogen) atoms. The molecule has 0 N–H and O–H groups in total. The second kappa shape index (κ2) is 23.5. The van der Waals surface area contributed by atoms with Crippen molar-refractivity contribution in [3.63, 3.8) is 0 Å². The molecule has 0 aliphatic heterocycles. The first-order valence-corrected chi connectivity index (χ1v) is 13.1. The normalized spacial score (nSPS) is 12.1. The highest BCUT2D eigenvalue weighted by atomic mass is 16.5. The molecule has 0 radical (unpaired) electrons. The number of ether oxygens (including phenoxy) is 1. The van der Waals surface area contributed by atoms with Crippen LogP contribution in [0.15, 0.2) is 12.7 Å². The molecule has 0 fully saturated rings. The van der Waals surface area contributed by atoms with Crippen molar-refractivity contribution < 1.29 is 9.53 Å². The molecule has 172 valence electrons. The van der Waals surface area contributed by atoms with E-state index >= 15 is 0 Å². The second-order valence-corrected chi connectivity index (χ2v) is 8.85. The van der Waals surface area contributed by atoms with Crippen molar-refractivity contribution in [2.24, 2.45) is 0 Å². The molecule has 2 heteroatoms. The van der Waals surface area contributed by atoms with Crippen LogP contribution < -0.4 is 0 Å². The zero-order chi connectivity index (χ0) is 21.4. The average Bonchev–Trinajstić information content (AvgIpc) is 2.73. The minimum Gasteiger partial charge on any atom is -0.459 e. The highest BCUT2D eigenvalue weighted by molar-refractivity contribution is 5.81. The van der Waals surface area contributed by atoms with E-state index in [-0.39, 0.29) is 12.1 Å². The Morgan fingerprint density at radius 3 is 1.24 bits per heavy atom. The molecule has 0 rings (SSSR count). The summed E-state index contributed by atoms with van der Waals surface area (Å²) in [5, 5.41) is 0. The Hall–Kier alpha value is -0.790. The van der Waals surface area contributed by atoms with Gasteiger partial charge < -0.3 is 4.74 Å². The number of hydrogen-bond donors (Lipinski definition) is 0. The third-order valence-corrected chi connectivity index (χ3v) is 5.96. The van der Waals surface area contributed by atoms with Crippen molar-refractivity contribution >= 4 is 5.97 Å². The van der Waals surface area contributed by atoms with Gasteiger partial charge in [-0.3, -0.25) is 0 Å². The lowest BCUT2D eigenvalue weighted by Crippen LogP contribution is -2.16. The fourth-order valence-electron chi connectivity index (χ4n) is 4.02. The Bertz CT molecular complexity index is 350. The van der Waals surface area contributed by atoms with Crippen LogP contribution in [0.5, 0.6) is 0 Å². The van der Waals surface area contributed by atoms with Crippen molar-refractivity contribution in [1.82, 2.24) is 0 Å². The van der Waals surface area contributed by atoms with E-state index in [0.717, 1.165) is 12.8 Å². The fraction of sp³-hybridized carbons (Fsp3) is 0.889. The third kappa shape index (κ3) is 21.7. The number of unbranched alkanes of at least 4 members (excludes halogenated alkanes) is 17. The van der Waals surface area contributed by atoms with Gasteiger partial charge in [-0.25, -0.2) is 4.79 Å². The smallest absolute Gasteiger partial charge is 0.330 e. The summed E-state index contributed by atoms with van der Waals surface area (Å²) in [6.07, 6.45) is 28.9. The number of esters is 1. The highest BCUT2D eigenvalue weighted by Crippen LogP contribution is 2.18. The molecule has 0 spiro atoms. The lowest BCUT2D eigenvalue weighted by Gasteiger charge is -2.17. The highest BCUT2D eigenvalue weighted by Gasteiger charge is 2.12. The zero-order valence-electron chi connectivity index (χ0n) is 20.0. The fourth-order valence-corrected chi connectivity index (χ4v) is 4.02. The van der Waals surface area contributed by atoms with Crippen LogP contribution in [0.3, 0.4) is 0 Å². The summed E-state index contributed by atoms with van der Waals surface area (Å²) in [4.78, 5) is 11.6. The van der Waals surface area contributed by atoms with Crippen LogP contribution in [-0.4, -0.2) is 12.1 Å². The van der Waals surface area contributed by atoms with Crippen LogP contribution in [0.25, 0.3) is 0 Å². The molecular weight excluding hydrogens is 356 g/mol. The van der Waals surface area contributed by atoms with Gasteiger partial charge in [0.1, 0.15) is 6.10 Å². The number of carbonyl (C=O) groups excluding carboxylic acids is 1. The van der Waals surface area contributed by atoms with E-state index in [2.05, 4.69) is 20.4 Å². The van der Waals surface area contributed by atoms with Crippen molar-refractivity contribution in [2.75, 3.05) is 0 Å². The first-order chi connectivity index (χ1) is 14.2. The maximum atomic E-state index is 11.6. The predicted octanol–water partition coefficient (Wildman–Crippen LogP) is 9.32. The van der Waals surface area contributed by atoms with Crippen LogP contribution in [0.4, 0.5) is 0 Å². The summed E-state index contributed by atoms with van der Waals surface area (Å²) in [6.45, 7) is 8.09. The van der Waals surface area contributed by atoms with E-state index < -0.39 is 0 Å². The molecule has 0 saturated carbocycles. The van der Waals surface area contributed by atoms with Gasteiger partial charge in [0.2, 0.25) is 0 Å². The van der Waals surface area contributed by atoms with Crippen LogP contribution in [-0.2, 0) is 9.53 Å². The molecule has 0 aliphatic carbocycles. The Labute approximate surface area is 183 Å². The summed E-state index contributed by atoms with van der Waals surface area (Å²) in [5.41, 5.74) is 0. The molecule has 0 heterocycles. The van der Waals surface area contributed by atoms with E-state index in [9.17, 15) is 4.79 Å². The molecule has 0 aromatic heterocycles. The molecule has 2 nitrogen and oxygen atoms in total. The van der Waals surface area contributed by atoms with E-state index in [1.165, 1.54) is 128 Å². The van der Waals surface area contributed by atoms with Gasteiger partial charge in [-0.2, -0.15) is 0 Å². The minimum absolute atomic E-state index is 0.0964. The van der Waals surface area contributed by atoms with E-state index in [4.69, 9.17) is 4.74 Å². The molecular formula is C27H52O2. The summed E-state index contributed by atoms with van der Waals surface area (Å²) in [5.74, 6) is -0.252. The predicted molar refractivity (Wildman–Crippen MR) is 128 cm³/mol. The number of rotatable bonds is 23. The van der Waals surface area contributed by atoms with Gasteiger partial charge in [0, 0.05) is 6.08 Å². The van der Waals surface area contributed by atoms with Gasteiger partial charge in [-0.15, -0.1) is 0 Å². The van der Waals surface area contributed by atoms with Gasteiger partial charge in [0.25, 0.3) is 0 Å². The third-order valence-electron chi connectivity index (χ3n) is 5.96. The summed E-state index contributed by atoms with van der Waals surface area (Å²) >= 11 is 0. The molecule has 0 bridgehead atoms. The van der Waals surface area contributed by atoms with Crippen molar-refractivity contribution in [2.45, 2.75) is 155 Å². The largest absolute Gasteiger partial charge is 0.459 e. The topological polar surface area (TPSA) is 26.3 Å². The standard InChI is InChI=1S/C27H52O2/c1-4-7-9-11-13-15-17-19-21-23-25-26(29-27(28)6-3)24-22-20-18-16-14-12-10-8-5-2/h6,26H,3-5,7-25H2,1-2H3. The summed E-state index contributed by atoms with van der Waals surface area (Å²) in [6, 6.07) is 0. The maximum absolute atomic E-state index is 11.6. The van der Waals surface area contributed by atoms with Crippen molar-refractivity contribution in [1.29, 1.82) is 0 Å². The average molecular weight is 409 g/mol. The zero-order valence-corrected chi connectivity index (χ0v) is 20.0. The Morgan fingerprint density at radius 1 is 0.621 bits per heavy atom. The van der Waals surface area contributed by atoms with Crippen molar-refractivity contribution in [3.8, 4) is 0 Å². The van der Waals surface area contributed by atoms with Gasteiger partial charge in [0.05, 0.1) is 0 Å². The van der Waals surface area contributed by atoms with Gasteiger partial charge >= 0.3 is 5.97 Å². The lowest BCUT2D eigenvalue weighted by atomic mass is 10.0. The van der Waals surface area contributed by atoms with Crippen LogP contribution in [0, 0.1) is 0 Å². The van der Waals surface area contributed by atoms with Gasteiger partial charge in [0.15, 0.2) is 0 Å². The summed E-state index contributed by atoms with van der Waals surface area (Å²) in [7, 11) is 0. The number of carbonyl (C=O) groups is 1. The maximum Gasteiger partial charge on any atom is 0.330 e. The van der Waals surface area contributed by atoms with Crippen LogP contribution >= 0.6 is 0 Å². The Morgan fingerprint density at radius 2 is 0.931 bits per heavy atom. The molecule has 0 amide bonds. The quantitative estimate of drug-likeness (QED) is 0.0956. The van der Waals surface area contributed by atoms with Crippen molar-refractivity contribution in [3.05, 3.63) is 12.7 Å². The first kappa shape index (κ1) is 28.2. The first-order valence-electron chi connectivity index (χ1n) is 13.1. The second-order valence-electron chi connectivity index (χ2n) is 8.85. The molecule has 0 aromatic rings. The minimum atomic E-state index is -0.252. The van der Waals surface area contributed by atoms with Gasteiger partial charge in [-0.1, -0.05) is 130 Å². The Kier molecular flexibility index (Phi) is 22.8. The molecule has 0 aromatic carbocycles. The van der Waals surface area contributed by atoms with E-state index in [1.54, 1.807) is 0 Å². The lowest BCUT2D eigenvalue weighted by molar-refractivity contribution is -0.143. The molecule has 0 aliphatic rings. The molecule has 1 unspecified atom stereocenters. The Balaban J connectivity index is 3.70. The summed E-state index contributed by atoms with van der Waals surface area (Å²) < 4.78 is 5.60. The SMILES string of the molecule is C=CC(=O)OC(CCCCCCCCCCC)CCCCCCCCCCCC.